The minimum absolute atomic E-state index is 0. The van der Waals surface area contributed by atoms with E-state index in [1.165, 1.54) is 0 Å². The summed E-state index contributed by atoms with van der Waals surface area (Å²) >= 11 is 0. The first kappa shape index (κ1) is 20.1. The second-order valence-electron chi connectivity index (χ2n) is 7.00. The molecule has 2 aromatic carbocycles. The number of hydrogen-bond donors (Lipinski definition) is 1. The molecule has 0 bridgehead atoms. The van der Waals surface area contributed by atoms with Crippen molar-refractivity contribution in [3.8, 4) is 11.3 Å². The molecule has 4 rings (SSSR count). The SMILES string of the molecule is CN(C(=O)c1cn(Cc2ccccc2)nc1-c1ccccc1)C1CCNC1.Cl. The maximum absolute atomic E-state index is 13.2. The summed E-state index contributed by atoms with van der Waals surface area (Å²) in [6, 6.07) is 20.3. The molecule has 0 saturated carbocycles. The lowest BCUT2D eigenvalue weighted by atomic mass is 10.1. The van der Waals surface area contributed by atoms with Crippen LogP contribution in [-0.2, 0) is 6.54 Å². The summed E-state index contributed by atoms with van der Waals surface area (Å²) in [7, 11) is 1.89. The van der Waals surface area contributed by atoms with Crippen LogP contribution in [0, 0.1) is 0 Å². The predicted molar refractivity (Wildman–Crippen MR) is 114 cm³/mol. The minimum atomic E-state index is 0. The fourth-order valence-electron chi connectivity index (χ4n) is 3.56. The van der Waals surface area contributed by atoms with Gasteiger partial charge >= 0.3 is 0 Å². The van der Waals surface area contributed by atoms with Crippen LogP contribution in [0.25, 0.3) is 11.3 Å². The van der Waals surface area contributed by atoms with E-state index in [-0.39, 0.29) is 24.4 Å². The Morgan fingerprint density at radius 2 is 1.82 bits per heavy atom. The highest BCUT2D eigenvalue weighted by Gasteiger charge is 2.27. The Balaban J connectivity index is 0.00000225. The quantitative estimate of drug-likeness (QED) is 0.718. The molecule has 1 fully saturated rings. The van der Waals surface area contributed by atoms with Crippen molar-refractivity contribution in [2.24, 2.45) is 0 Å². The van der Waals surface area contributed by atoms with Crippen molar-refractivity contribution < 1.29 is 4.79 Å². The lowest BCUT2D eigenvalue weighted by Gasteiger charge is -2.23. The van der Waals surface area contributed by atoms with Gasteiger partial charge in [0.15, 0.2) is 0 Å². The van der Waals surface area contributed by atoms with E-state index in [9.17, 15) is 4.79 Å². The summed E-state index contributed by atoms with van der Waals surface area (Å²) in [6.07, 6.45) is 2.87. The van der Waals surface area contributed by atoms with Gasteiger partial charge in [-0.15, -0.1) is 12.4 Å². The molecule has 1 aromatic heterocycles. The van der Waals surface area contributed by atoms with Crippen LogP contribution in [0.5, 0.6) is 0 Å². The van der Waals surface area contributed by atoms with Crippen LogP contribution >= 0.6 is 12.4 Å². The Kier molecular flexibility index (Phi) is 6.49. The maximum atomic E-state index is 13.2. The van der Waals surface area contributed by atoms with Crippen molar-refractivity contribution in [3.63, 3.8) is 0 Å². The molecule has 6 heteroatoms. The Morgan fingerprint density at radius 3 is 2.46 bits per heavy atom. The zero-order valence-electron chi connectivity index (χ0n) is 15.9. The standard InChI is InChI=1S/C22H24N4O.ClH/c1-25(19-12-13-23-14-19)22(27)20-16-26(15-17-8-4-2-5-9-17)24-21(20)18-10-6-3-7-11-18;/h2-11,16,19,23H,12-15H2,1H3;1H. The normalized spacial score (nSPS) is 15.8. The van der Waals surface area contributed by atoms with Crippen molar-refractivity contribution in [1.29, 1.82) is 0 Å². The number of likely N-dealkylation sites (N-methyl/N-ethyl adjacent to an activating group) is 1. The van der Waals surface area contributed by atoms with Crippen LogP contribution in [0.3, 0.4) is 0 Å². The van der Waals surface area contributed by atoms with Crippen molar-refractivity contribution >= 4 is 18.3 Å². The van der Waals surface area contributed by atoms with Crippen LogP contribution < -0.4 is 5.32 Å². The number of benzene rings is 2. The molecule has 1 saturated heterocycles. The van der Waals surface area contributed by atoms with Crippen LogP contribution in [-0.4, -0.2) is 46.8 Å². The third-order valence-corrected chi connectivity index (χ3v) is 5.13. The highest BCUT2D eigenvalue weighted by molar-refractivity contribution is 5.99. The van der Waals surface area contributed by atoms with Gasteiger partial charge in [-0.2, -0.15) is 5.10 Å². The summed E-state index contributed by atoms with van der Waals surface area (Å²) in [5.74, 6) is 0.0295. The number of rotatable bonds is 5. The third-order valence-electron chi connectivity index (χ3n) is 5.13. The van der Waals surface area contributed by atoms with Crippen molar-refractivity contribution in [2.45, 2.75) is 19.0 Å². The molecule has 1 N–H and O–H groups in total. The molecule has 1 aliphatic rings. The molecule has 5 nitrogen and oxygen atoms in total. The molecule has 1 aliphatic heterocycles. The van der Waals surface area contributed by atoms with Gasteiger partial charge in [0.2, 0.25) is 0 Å². The van der Waals surface area contributed by atoms with E-state index in [0.717, 1.165) is 36.3 Å². The largest absolute Gasteiger partial charge is 0.337 e. The van der Waals surface area contributed by atoms with Crippen molar-refractivity contribution in [1.82, 2.24) is 20.0 Å². The molecule has 28 heavy (non-hydrogen) atoms. The second-order valence-corrected chi connectivity index (χ2v) is 7.00. The Morgan fingerprint density at radius 1 is 1.14 bits per heavy atom. The topological polar surface area (TPSA) is 50.2 Å². The molecule has 1 amide bonds. The highest BCUT2D eigenvalue weighted by atomic mass is 35.5. The smallest absolute Gasteiger partial charge is 0.257 e. The van der Waals surface area contributed by atoms with Crippen LogP contribution in [0.1, 0.15) is 22.3 Å². The number of hydrogen-bond acceptors (Lipinski definition) is 3. The molecule has 0 radical (unpaired) electrons. The first-order valence-corrected chi connectivity index (χ1v) is 9.37. The number of aromatic nitrogens is 2. The van der Waals surface area contributed by atoms with Gasteiger partial charge in [0.1, 0.15) is 5.69 Å². The lowest BCUT2D eigenvalue weighted by molar-refractivity contribution is 0.0744. The number of nitrogens with zero attached hydrogens (tertiary/aromatic N) is 3. The van der Waals surface area contributed by atoms with Gasteiger partial charge in [-0.25, -0.2) is 0 Å². The van der Waals surface area contributed by atoms with Gasteiger partial charge in [-0.3, -0.25) is 9.48 Å². The summed E-state index contributed by atoms with van der Waals surface area (Å²) < 4.78 is 1.87. The molecule has 0 spiro atoms. The van der Waals surface area contributed by atoms with E-state index in [1.54, 1.807) is 0 Å². The fourth-order valence-corrected chi connectivity index (χ4v) is 3.56. The first-order valence-electron chi connectivity index (χ1n) is 9.37. The highest BCUT2D eigenvalue weighted by Crippen LogP contribution is 2.24. The molecular weight excluding hydrogens is 372 g/mol. The van der Waals surface area contributed by atoms with Gasteiger partial charge in [0.25, 0.3) is 5.91 Å². The molecule has 2 heterocycles. The third kappa shape index (κ3) is 4.26. The van der Waals surface area contributed by atoms with Crippen LogP contribution in [0.4, 0.5) is 0 Å². The average Bonchev–Trinajstić information content (AvgIpc) is 3.39. The van der Waals surface area contributed by atoms with E-state index in [2.05, 4.69) is 17.4 Å². The minimum Gasteiger partial charge on any atom is -0.337 e. The zero-order valence-corrected chi connectivity index (χ0v) is 16.7. The Bertz CT molecular complexity index is 905. The fraction of sp³-hybridized carbons (Fsp3) is 0.273. The van der Waals surface area contributed by atoms with Crippen LogP contribution in [0.2, 0.25) is 0 Å². The molecule has 1 atom stereocenters. The number of carbonyl (C=O) groups excluding carboxylic acids is 1. The average molecular weight is 397 g/mol. The maximum Gasteiger partial charge on any atom is 0.257 e. The van der Waals surface area contributed by atoms with Gasteiger partial charge in [0.05, 0.1) is 12.1 Å². The number of nitrogens with one attached hydrogen (secondary N) is 1. The number of amides is 1. The predicted octanol–water partition coefficient (Wildman–Crippen LogP) is 3.45. The lowest BCUT2D eigenvalue weighted by Crippen LogP contribution is -2.38. The van der Waals surface area contributed by atoms with Gasteiger partial charge in [-0.1, -0.05) is 60.7 Å². The summed E-state index contributed by atoms with van der Waals surface area (Å²) in [4.78, 5) is 15.1. The molecule has 0 aliphatic carbocycles. The van der Waals surface area contributed by atoms with E-state index >= 15 is 0 Å². The van der Waals surface area contributed by atoms with Crippen molar-refractivity contribution in [2.75, 3.05) is 20.1 Å². The van der Waals surface area contributed by atoms with Gasteiger partial charge in [-0.05, 0) is 18.5 Å². The summed E-state index contributed by atoms with van der Waals surface area (Å²) in [5, 5.41) is 8.09. The van der Waals surface area contributed by atoms with E-state index in [4.69, 9.17) is 5.10 Å². The second kappa shape index (κ2) is 9.04. The first-order chi connectivity index (χ1) is 13.2. The van der Waals surface area contributed by atoms with E-state index in [0.29, 0.717) is 12.1 Å². The zero-order chi connectivity index (χ0) is 18.6. The number of halogens is 1. The van der Waals surface area contributed by atoms with Crippen molar-refractivity contribution in [3.05, 3.63) is 78.0 Å². The molecule has 3 aromatic rings. The molecule has 146 valence electrons. The summed E-state index contributed by atoms with van der Waals surface area (Å²) in [6.45, 7) is 2.45. The molecule has 1 unspecified atom stereocenters. The Hall–Kier alpha value is -2.63. The Labute approximate surface area is 171 Å². The van der Waals surface area contributed by atoms with Gasteiger partial charge < -0.3 is 10.2 Å². The van der Waals surface area contributed by atoms with Gasteiger partial charge in [0, 0.05) is 31.4 Å². The monoisotopic (exact) mass is 396 g/mol. The van der Waals surface area contributed by atoms with E-state index in [1.807, 2.05) is 71.4 Å². The van der Waals surface area contributed by atoms with E-state index < -0.39 is 0 Å². The molecular formula is C22H25ClN4O. The van der Waals surface area contributed by atoms with Crippen LogP contribution in [0.15, 0.2) is 66.9 Å². The summed E-state index contributed by atoms with van der Waals surface area (Å²) in [5.41, 5.74) is 3.53. The number of carbonyl (C=O) groups is 1.